The van der Waals surface area contributed by atoms with Crippen LogP contribution in [0.4, 0.5) is 10.5 Å². The minimum Gasteiger partial charge on any atom is -0.481 e. The van der Waals surface area contributed by atoms with Crippen molar-refractivity contribution in [2.24, 2.45) is 5.92 Å². The van der Waals surface area contributed by atoms with Crippen LogP contribution in [0.3, 0.4) is 0 Å². The maximum absolute atomic E-state index is 12.7. The molecular formula is C16H24N2O3. The van der Waals surface area contributed by atoms with Crippen LogP contribution in [0.25, 0.3) is 0 Å². The highest BCUT2D eigenvalue weighted by Gasteiger charge is 2.24. The van der Waals surface area contributed by atoms with Crippen molar-refractivity contribution in [3.8, 4) is 0 Å². The first-order valence-corrected chi connectivity index (χ1v) is 7.27. The van der Waals surface area contributed by atoms with Crippen molar-refractivity contribution in [2.75, 3.05) is 24.5 Å². The van der Waals surface area contributed by atoms with Gasteiger partial charge in [0, 0.05) is 25.3 Å². The van der Waals surface area contributed by atoms with E-state index in [0.717, 1.165) is 11.3 Å². The Hall–Kier alpha value is -2.04. The third-order valence-electron chi connectivity index (χ3n) is 3.52. The second-order valence-corrected chi connectivity index (χ2v) is 5.09. The Labute approximate surface area is 126 Å². The second kappa shape index (κ2) is 7.67. The first kappa shape index (κ1) is 17.0. The largest absolute Gasteiger partial charge is 0.481 e. The van der Waals surface area contributed by atoms with E-state index in [1.54, 1.807) is 16.7 Å². The number of rotatable bonds is 6. The van der Waals surface area contributed by atoms with Crippen LogP contribution >= 0.6 is 0 Å². The molecule has 21 heavy (non-hydrogen) atoms. The predicted octanol–water partition coefficient (Wildman–Crippen LogP) is 2.98. The zero-order chi connectivity index (χ0) is 16.0. The fourth-order valence-corrected chi connectivity index (χ4v) is 2.20. The van der Waals surface area contributed by atoms with Crippen LogP contribution in [0.15, 0.2) is 24.3 Å². The van der Waals surface area contributed by atoms with Crippen LogP contribution < -0.4 is 4.90 Å². The fraction of sp³-hybridized carbons (Fsp3) is 0.500. The summed E-state index contributed by atoms with van der Waals surface area (Å²) in [5.74, 6) is -1.47. The van der Waals surface area contributed by atoms with Crippen molar-refractivity contribution < 1.29 is 14.7 Å². The zero-order valence-corrected chi connectivity index (χ0v) is 13.2. The molecule has 0 aromatic heterocycles. The maximum Gasteiger partial charge on any atom is 0.324 e. The molecule has 1 unspecified atom stereocenters. The summed E-state index contributed by atoms with van der Waals surface area (Å²) < 4.78 is 0. The van der Waals surface area contributed by atoms with Crippen LogP contribution in [-0.4, -0.2) is 41.6 Å². The van der Waals surface area contributed by atoms with Gasteiger partial charge >= 0.3 is 12.0 Å². The number of para-hydroxylation sites is 1. The van der Waals surface area contributed by atoms with Gasteiger partial charge < -0.3 is 10.0 Å². The summed E-state index contributed by atoms with van der Waals surface area (Å²) in [5.41, 5.74) is 1.89. The third-order valence-corrected chi connectivity index (χ3v) is 3.52. The average Bonchev–Trinajstić information content (AvgIpc) is 2.46. The van der Waals surface area contributed by atoms with Gasteiger partial charge in [-0.1, -0.05) is 25.1 Å². The quantitative estimate of drug-likeness (QED) is 0.876. The van der Waals surface area contributed by atoms with Crippen LogP contribution in [0.5, 0.6) is 0 Å². The first-order chi connectivity index (χ1) is 9.92. The SMILES string of the molecule is CCN(CC(C)C(=O)O)C(=O)N(CC)c1ccccc1C. The fourth-order valence-electron chi connectivity index (χ4n) is 2.20. The predicted molar refractivity (Wildman–Crippen MR) is 83.6 cm³/mol. The van der Waals surface area contributed by atoms with E-state index in [2.05, 4.69) is 0 Å². The van der Waals surface area contributed by atoms with Crippen LogP contribution in [0.1, 0.15) is 26.3 Å². The zero-order valence-electron chi connectivity index (χ0n) is 13.2. The molecule has 0 aliphatic carbocycles. The molecule has 2 amide bonds. The lowest BCUT2D eigenvalue weighted by atomic mass is 10.1. The van der Waals surface area contributed by atoms with Gasteiger partial charge in [0.2, 0.25) is 0 Å². The smallest absolute Gasteiger partial charge is 0.324 e. The number of carboxylic acids is 1. The number of carbonyl (C=O) groups is 2. The number of aliphatic carboxylic acids is 1. The molecule has 0 aliphatic heterocycles. The van der Waals surface area contributed by atoms with E-state index < -0.39 is 11.9 Å². The van der Waals surface area contributed by atoms with Crippen LogP contribution in [0, 0.1) is 12.8 Å². The average molecular weight is 292 g/mol. The van der Waals surface area contributed by atoms with Gasteiger partial charge in [0.05, 0.1) is 5.92 Å². The van der Waals surface area contributed by atoms with Crippen molar-refractivity contribution in [1.82, 2.24) is 4.90 Å². The molecule has 1 N–H and O–H groups in total. The molecule has 5 nitrogen and oxygen atoms in total. The van der Waals surface area contributed by atoms with Gasteiger partial charge in [0.1, 0.15) is 0 Å². The minimum atomic E-state index is -0.889. The molecule has 0 saturated heterocycles. The summed E-state index contributed by atoms with van der Waals surface area (Å²) >= 11 is 0. The van der Waals surface area contributed by atoms with Crippen LogP contribution in [-0.2, 0) is 4.79 Å². The van der Waals surface area contributed by atoms with Gasteiger partial charge in [0.15, 0.2) is 0 Å². The molecule has 116 valence electrons. The lowest BCUT2D eigenvalue weighted by molar-refractivity contribution is -0.141. The Morgan fingerprint density at radius 2 is 1.81 bits per heavy atom. The van der Waals surface area contributed by atoms with Gasteiger partial charge in [-0.15, -0.1) is 0 Å². The van der Waals surface area contributed by atoms with E-state index >= 15 is 0 Å². The number of benzene rings is 1. The number of hydrogen-bond acceptors (Lipinski definition) is 2. The molecule has 5 heteroatoms. The van der Waals surface area contributed by atoms with E-state index in [0.29, 0.717) is 13.1 Å². The molecule has 1 aromatic rings. The molecule has 0 aliphatic rings. The number of nitrogens with zero attached hydrogens (tertiary/aromatic N) is 2. The summed E-state index contributed by atoms with van der Waals surface area (Å²) in [5, 5.41) is 9.01. The molecule has 1 aromatic carbocycles. The number of amides is 2. The molecule has 0 heterocycles. The van der Waals surface area contributed by atoms with Gasteiger partial charge in [-0.25, -0.2) is 4.79 Å². The molecule has 0 bridgehead atoms. The van der Waals surface area contributed by atoms with Gasteiger partial charge in [-0.05, 0) is 32.4 Å². The second-order valence-electron chi connectivity index (χ2n) is 5.09. The van der Waals surface area contributed by atoms with Crippen molar-refractivity contribution in [3.63, 3.8) is 0 Å². The van der Waals surface area contributed by atoms with E-state index in [1.807, 2.05) is 45.0 Å². The summed E-state index contributed by atoms with van der Waals surface area (Å²) in [6, 6.07) is 7.55. The number of anilines is 1. The number of urea groups is 1. The van der Waals surface area contributed by atoms with Crippen molar-refractivity contribution in [1.29, 1.82) is 0 Å². The Balaban J connectivity index is 2.96. The minimum absolute atomic E-state index is 0.151. The molecule has 0 radical (unpaired) electrons. The lowest BCUT2D eigenvalue weighted by Crippen LogP contribution is -2.46. The molecular weight excluding hydrogens is 268 g/mol. The Kier molecular flexibility index (Phi) is 6.21. The van der Waals surface area contributed by atoms with Gasteiger partial charge in [0.25, 0.3) is 0 Å². The third kappa shape index (κ3) is 4.21. The summed E-state index contributed by atoms with van der Waals surface area (Å²) in [6.07, 6.45) is 0. The van der Waals surface area contributed by atoms with E-state index in [1.165, 1.54) is 0 Å². The number of carboxylic acid groups (broad SMARTS) is 1. The summed E-state index contributed by atoms with van der Waals surface area (Å²) in [4.78, 5) is 26.9. The maximum atomic E-state index is 12.7. The molecule has 0 saturated carbocycles. The van der Waals surface area contributed by atoms with Crippen molar-refractivity contribution >= 4 is 17.7 Å². The van der Waals surface area contributed by atoms with Gasteiger partial charge in [-0.2, -0.15) is 0 Å². The monoisotopic (exact) mass is 292 g/mol. The Morgan fingerprint density at radius 1 is 1.19 bits per heavy atom. The Bertz CT molecular complexity index is 502. The van der Waals surface area contributed by atoms with Crippen LogP contribution in [0.2, 0.25) is 0 Å². The normalized spacial score (nSPS) is 11.8. The van der Waals surface area contributed by atoms with E-state index in [-0.39, 0.29) is 12.6 Å². The highest BCUT2D eigenvalue weighted by Crippen LogP contribution is 2.21. The summed E-state index contributed by atoms with van der Waals surface area (Å²) in [6.45, 7) is 8.59. The summed E-state index contributed by atoms with van der Waals surface area (Å²) in [7, 11) is 0. The number of carbonyl (C=O) groups excluding carboxylic acids is 1. The number of hydrogen-bond donors (Lipinski definition) is 1. The first-order valence-electron chi connectivity index (χ1n) is 7.27. The van der Waals surface area contributed by atoms with Crippen molar-refractivity contribution in [2.45, 2.75) is 27.7 Å². The Morgan fingerprint density at radius 3 is 2.29 bits per heavy atom. The van der Waals surface area contributed by atoms with E-state index in [4.69, 9.17) is 5.11 Å². The highest BCUT2D eigenvalue weighted by atomic mass is 16.4. The molecule has 1 atom stereocenters. The van der Waals surface area contributed by atoms with E-state index in [9.17, 15) is 9.59 Å². The lowest BCUT2D eigenvalue weighted by Gasteiger charge is -2.31. The topological polar surface area (TPSA) is 60.9 Å². The number of aryl methyl sites for hydroxylation is 1. The van der Waals surface area contributed by atoms with Gasteiger partial charge in [-0.3, -0.25) is 9.69 Å². The molecule has 0 spiro atoms. The standard InChI is InChI=1S/C16H24N2O3/c1-5-17(11-13(4)15(19)20)16(21)18(6-2)14-10-8-7-9-12(14)3/h7-10,13H,5-6,11H2,1-4H3,(H,19,20). The van der Waals surface area contributed by atoms with Crippen molar-refractivity contribution in [3.05, 3.63) is 29.8 Å². The molecule has 1 rings (SSSR count). The highest BCUT2D eigenvalue weighted by molar-refractivity contribution is 5.93. The molecule has 0 fully saturated rings.